The summed E-state index contributed by atoms with van der Waals surface area (Å²) in [7, 11) is 0. The molecule has 0 spiro atoms. The third-order valence-corrected chi connectivity index (χ3v) is 3.61. The van der Waals surface area contributed by atoms with Crippen molar-refractivity contribution in [1.29, 1.82) is 0 Å². The van der Waals surface area contributed by atoms with E-state index in [1.807, 2.05) is 12.3 Å². The molecule has 2 rings (SSSR count). The minimum absolute atomic E-state index is 0.0750. The number of aromatic nitrogens is 1. The van der Waals surface area contributed by atoms with E-state index in [2.05, 4.69) is 6.92 Å². The normalized spacial score (nSPS) is 19.2. The van der Waals surface area contributed by atoms with Gasteiger partial charge in [-0.15, -0.1) is 0 Å². The van der Waals surface area contributed by atoms with Crippen LogP contribution in [0.25, 0.3) is 0 Å². The van der Waals surface area contributed by atoms with E-state index < -0.39 is 0 Å². The van der Waals surface area contributed by atoms with Crippen LogP contribution in [0.15, 0.2) is 23.1 Å². The highest BCUT2D eigenvalue weighted by atomic mass is 16.5. The molecule has 0 aliphatic carbocycles. The van der Waals surface area contributed by atoms with Crippen LogP contribution in [-0.4, -0.2) is 22.9 Å². The predicted molar refractivity (Wildman–Crippen MR) is 64.9 cm³/mol. The van der Waals surface area contributed by atoms with E-state index >= 15 is 0 Å². The average Bonchev–Trinajstić information content (AvgIpc) is 2.39. The molecule has 0 amide bonds. The zero-order valence-corrected chi connectivity index (χ0v) is 10.1. The molecule has 4 heteroatoms. The third-order valence-electron chi connectivity index (χ3n) is 3.61. The molecule has 17 heavy (non-hydrogen) atoms. The van der Waals surface area contributed by atoms with Gasteiger partial charge in [0.2, 0.25) is 0 Å². The van der Waals surface area contributed by atoms with Crippen LogP contribution < -0.4 is 5.56 Å². The molecule has 0 unspecified atom stereocenters. The molecule has 1 atom stereocenters. The summed E-state index contributed by atoms with van der Waals surface area (Å²) < 4.78 is 7.07. The molecule has 1 aromatic rings. The largest absolute Gasteiger partial charge is 0.391 e. The molecule has 1 fully saturated rings. The van der Waals surface area contributed by atoms with Crippen molar-refractivity contribution in [3.8, 4) is 0 Å². The maximum absolute atomic E-state index is 12.1. The van der Waals surface area contributed by atoms with Gasteiger partial charge in [0, 0.05) is 31.0 Å². The zero-order valence-electron chi connectivity index (χ0n) is 10.1. The van der Waals surface area contributed by atoms with Crippen molar-refractivity contribution in [3.05, 3.63) is 34.2 Å². The number of hydrogen-bond donors (Lipinski definition) is 1. The molecule has 0 radical (unpaired) electrons. The molecule has 1 aromatic heterocycles. The first-order valence-electron chi connectivity index (χ1n) is 6.12. The molecular weight excluding hydrogens is 218 g/mol. The second-order valence-corrected chi connectivity index (χ2v) is 4.59. The fourth-order valence-corrected chi connectivity index (χ4v) is 2.42. The summed E-state index contributed by atoms with van der Waals surface area (Å²) in [5, 5.41) is 9.10. The van der Waals surface area contributed by atoms with Gasteiger partial charge < -0.3 is 14.4 Å². The van der Waals surface area contributed by atoms with Gasteiger partial charge in [-0.05, 0) is 37.8 Å². The molecule has 0 bridgehead atoms. The lowest BCUT2D eigenvalue weighted by Crippen LogP contribution is -2.32. The fourth-order valence-electron chi connectivity index (χ4n) is 2.42. The van der Waals surface area contributed by atoms with Crippen LogP contribution in [-0.2, 0) is 11.3 Å². The Morgan fingerprint density at radius 3 is 2.88 bits per heavy atom. The molecular formula is C13H19NO3. The van der Waals surface area contributed by atoms with Gasteiger partial charge in [0.15, 0.2) is 0 Å². The first-order chi connectivity index (χ1) is 8.24. The quantitative estimate of drug-likeness (QED) is 0.862. The van der Waals surface area contributed by atoms with E-state index in [0.29, 0.717) is 11.5 Å². The highest BCUT2D eigenvalue weighted by Crippen LogP contribution is 2.26. The van der Waals surface area contributed by atoms with Crippen molar-refractivity contribution in [2.45, 2.75) is 32.4 Å². The third kappa shape index (κ3) is 2.58. The minimum Gasteiger partial charge on any atom is -0.391 e. The predicted octanol–water partition coefficient (Wildman–Crippen LogP) is 1.33. The van der Waals surface area contributed by atoms with Crippen LogP contribution in [0.2, 0.25) is 0 Å². The summed E-state index contributed by atoms with van der Waals surface area (Å²) in [6.07, 6.45) is 3.80. The van der Waals surface area contributed by atoms with Gasteiger partial charge in [-0.3, -0.25) is 4.79 Å². The van der Waals surface area contributed by atoms with Crippen LogP contribution in [0.4, 0.5) is 0 Å². The van der Waals surface area contributed by atoms with Crippen molar-refractivity contribution >= 4 is 0 Å². The van der Waals surface area contributed by atoms with E-state index in [-0.39, 0.29) is 18.2 Å². The Morgan fingerprint density at radius 1 is 1.53 bits per heavy atom. The Bertz CT molecular complexity index is 421. The zero-order chi connectivity index (χ0) is 12.3. The van der Waals surface area contributed by atoms with Gasteiger partial charge in [-0.25, -0.2) is 0 Å². The lowest BCUT2D eigenvalue weighted by molar-refractivity contribution is 0.0507. The van der Waals surface area contributed by atoms with Gasteiger partial charge in [-0.1, -0.05) is 0 Å². The smallest absolute Gasteiger partial charge is 0.256 e. The van der Waals surface area contributed by atoms with Crippen molar-refractivity contribution in [1.82, 2.24) is 4.57 Å². The molecule has 94 valence electrons. The van der Waals surface area contributed by atoms with E-state index in [9.17, 15) is 4.79 Å². The molecule has 1 saturated heterocycles. The number of rotatable bonds is 3. The van der Waals surface area contributed by atoms with Crippen LogP contribution in [0, 0.1) is 5.92 Å². The van der Waals surface area contributed by atoms with Crippen LogP contribution in [0.1, 0.15) is 31.4 Å². The molecule has 0 aromatic carbocycles. The van der Waals surface area contributed by atoms with Crippen LogP contribution in [0.5, 0.6) is 0 Å². The van der Waals surface area contributed by atoms with E-state index in [0.717, 1.165) is 26.1 Å². The molecule has 1 aliphatic heterocycles. The van der Waals surface area contributed by atoms with Gasteiger partial charge in [-0.2, -0.15) is 0 Å². The lowest BCUT2D eigenvalue weighted by atomic mass is 9.92. The maximum Gasteiger partial charge on any atom is 0.256 e. The summed E-state index contributed by atoms with van der Waals surface area (Å²) in [5.41, 5.74) is 0.389. The second kappa shape index (κ2) is 5.47. The summed E-state index contributed by atoms with van der Waals surface area (Å²) in [4.78, 5) is 12.1. The Morgan fingerprint density at radius 2 is 2.24 bits per heavy atom. The number of ether oxygens (including phenoxy) is 1. The maximum atomic E-state index is 12.1. The average molecular weight is 237 g/mol. The van der Waals surface area contributed by atoms with Crippen LogP contribution >= 0.6 is 0 Å². The molecule has 4 nitrogen and oxygen atoms in total. The van der Waals surface area contributed by atoms with E-state index in [4.69, 9.17) is 9.84 Å². The lowest BCUT2D eigenvalue weighted by Gasteiger charge is -2.29. The first-order valence-corrected chi connectivity index (χ1v) is 6.12. The van der Waals surface area contributed by atoms with Crippen molar-refractivity contribution in [2.75, 3.05) is 13.2 Å². The SMILES string of the molecule is C[C@H](C1CCOCC1)n1cccc(CO)c1=O. The van der Waals surface area contributed by atoms with Gasteiger partial charge >= 0.3 is 0 Å². The number of aliphatic hydroxyl groups excluding tert-OH is 1. The van der Waals surface area contributed by atoms with E-state index in [1.54, 1.807) is 10.6 Å². The van der Waals surface area contributed by atoms with Crippen molar-refractivity contribution in [2.24, 2.45) is 5.92 Å². The van der Waals surface area contributed by atoms with Gasteiger partial charge in [0.05, 0.1) is 6.61 Å². The number of pyridine rings is 1. The Labute approximate surface area is 101 Å². The summed E-state index contributed by atoms with van der Waals surface area (Å²) in [6.45, 7) is 3.44. The minimum atomic E-state index is -0.194. The standard InChI is InChI=1S/C13H19NO3/c1-10(11-4-7-17-8-5-11)14-6-2-3-12(9-15)13(14)16/h2-3,6,10-11,15H,4-5,7-9H2,1H3/t10-/m1/s1. The molecule has 0 saturated carbocycles. The Kier molecular flexibility index (Phi) is 3.97. The van der Waals surface area contributed by atoms with Crippen LogP contribution in [0.3, 0.4) is 0 Å². The summed E-state index contributed by atoms with van der Waals surface area (Å²) >= 11 is 0. The van der Waals surface area contributed by atoms with Gasteiger partial charge in [0.1, 0.15) is 0 Å². The fraction of sp³-hybridized carbons (Fsp3) is 0.615. The highest BCUT2D eigenvalue weighted by molar-refractivity contribution is 5.09. The number of aliphatic hydroxyl groups is 1. The molecule has 1 aliphatic rings. The summed E-state index contributed by atoms with van der Waals surface area (Å²) in [5.74, 6) is 0.482. The molecule has 2 heterocycles. The molecule has 1 N–H and O–H groups in total. The Hall–Kier alpha value is -1.13. The Balaban J connectivity index is 2.23. The summed E-state index contributed by atoms with van der Waals surface area (Å²) in [6, 6.07) is 3.66. The van der Waals surface area contributed by atoms with Crippen molar-refractivity contribution < 1.29 is 9.84 Å². The van der Waals surface area contributed by atoms with Gasteiger partial charge in [0.25, 0.3) is 5.56 Å². The van der Waals surface area contributed by atoms with E-state index in [1.165, 1.54) is 0 Å². The first kappa shape index (κ1) is 12.3. The number of nitrogens with zero attached hydrogens (tertiary/aromatic N) is 1. The van der Waals surface area contributed by atoms with Crippen molar-refractivity contribution in [3.63, 3.8) is 0 Å². The highest BCUT2D eigenvalue weighted by Gasteiger charge is 2.22. The number of hydrogen-bond acceptors (Lipinski definition) is 3. The monoisotopic (exact) mass is 237 g/mol. The topological polar surface area (TPSA) is 51.5 Å². The second-order valence-electron chi connectivity index (χ2n) is 4.59.